The van der Waals surface area contributed by atoms with Gasteiger partial charge in [-0.25, -0.2) is 10.4 Å². The largest absolute Gasteiger partial charge is 0.494 e. The molecule has 0 radical (unpaired) electrons. The van der Waals surface area contributed by atoms with Gasteiger partial charge in [0.15, 0.2) is 11.6 Å². The predicted octanol–water partition coefficient (Wildman–Crippen LogP) is 3.89. The lowest BCUT2D eigenvalue weighted by atomic mass is 9.82. The highest BCUT2D eigenvalue weighted by Crippen LogP contribution is 2.44. The van der Waals surface area contributed by atoms with Crippen molar-refractivity contribution in [3.05, 3.63) is 75.7 Å². The van der Waals surface area contributed by atoms with E-state index in [0.29, 0.717) is 35.5 Å². The Morgan fingerprint density at radius 1 is 1.20 bits per heavy atom. The summed E-state index contributed by atoms with van der Waals surface area (Å²) in [7, 11) is 1.56. The number of aliphatic imine (C=N–C) groups is 1. The van der Waals surface area contributed by atoms with Gasteiger partial charge in [-0.3, -0.25) is 15.0 Å². The van der Waals surface area contributed by atoms with Crippen LogP contribution in [0.4, 0.5) is 0 Å². The van der Waals surface area contributed by atoms with E-state index in [4.69, 9.17) is 29.8 Å². The van der Waals surface area contributed by atoms with E-state index in [9.17, 15) is 9.59 Å². The van der Waals surface area contributed by atoms with Crippen molar-refractivity contribution in [1.29, 1.82) is 0 Å². The van der Waals surface area contributed by atoms with Crippen LogP contribution in [0.3, 0.4) is 0 Å². The third kappa shape index (κ3) is 7.72. The van der Waals surface area contributed by atoms with Crippen LogP contribution in [0, 0.1) is 0 Å². The quantitative estimate of drug-likeness (QED) is 0.0846. The van der Waals surface area contributed by atoms with E-state index < -0.39 is 29.1 Å². The van der Waals surface area contributed by atoms with Crippen molar-refractivity contribution in [3.8, 4) is 5.75 Å². The van der Waals surface area contributed by atoms with Gasteiger partial charge < -0.3 is 19.3 Å². The van der Waals surface area contributed by atoms with E-state index in [1.54, 1.807) is 76.3 Å². The van der Waals surface area contributed by atoms with Crippen LogP contribution in [0.1, 0.15) is 62.8 Å². The lowest BCUT2D eigenvalue weighted by Crippen LogP contribution is -2.52. The monoisotopic (exact) mass is 552 g/mol. The van der Waals surface area contributed by atoms with Crippen LogP contribution in [0.15, 0.2) is 58.6 Å². The standard InChI is InChI=1S/C28H36N6O6/c1-27(2,3)40-23(36)14-15-28(26(37)33-30-4)24(22-9-6-5-8-20(22)18-31-34-29)39-25(32-28)19-10-12-21(13-11-19)38-17-7-16-35/h5-6,8-13,24,30,35H,7,14-18H2,1-4H3,(H,33,37)/t24-,28-/m0/s1. The molecular weight excluding hydrogens is 516 g/mol. The van der Waals surface area contributed by atoms with Gasteiger partial charge in [-0.15, -0.1) is 0 Å². The van der Waals surface area contributed by atoms with Crippen LogP contribution in [0.25, 0.3) is 10.4 Å². The Morgan fingerprint density at radius 3 is 2.58 bits per heavy atom. The van der Waals surface area contributed by atoms with Gasteiger partial charge in [-0.05, 0) is 68.1 Å². The molecule has 0 saturated heterocycles. The Balaban J connectivity index is 2.07. The molecule has 12 heteroatoms. The highest BCUT2D eigenvalue weighted by molar-refractivity contribution is 6.01. The zero-order chi connectivity index (χ0) is 29.2. The zero-order valence-electron chi connectivity index (χ0n) is 23.2. The van der Waals surface area contributed by atoms with E-state index >= 15 is 0 Å². The summed E-state index contributed by atoms with van der Waals surface area (Å²) in [5, 5.41) is 12.7. The van der Waals surface area contributed by atoms with Gasteiger partial charge >= 0.3 is 5.97 Å². The Bertz CT molecular complexity index is 1250. The lowest BCUT2D eigenvalue weighted by Gasteiger charge is -2.31. The minimum absolute atomic E-state index is 0.0121. The molecule has 0 aromatic heterocycles. The summed E-state index contributed by atoms with van der Waals surface area (Å²) in [5.74, 6) is -0.156. The molecular formula is C28H36N6O6. The van der Waals surface area contributed by atoms with Crippen molar-refractivity contribution in [3.63, 3.8) is 0 Å². The summed E-state index contributed by atoms with van der Waals surface area (Å²) < 4.78 is 17.5. The van der Waals surface area contributed by atoms with Gasteiger partial charge in [0.1, 0.15) is 11.4 Å². The predicted molar refractivity (Wildman–Crippen MR) is 148 cm³/mol. The molecule has 0 spiro atoms. The first kappa shape index (κ1) is 30.4. The van der Waals surface area contributed by atoms with Gasteiger partial charge in [0.25, 0.3) is 5.91 Å². The molecule has 0 unspecified atom stereocenters. The third-order valence-electron chi connectivity index (χ3n) is 6.04. The van der Waals surface area contributed by atoms with Crippen molar-refractivity contribution in [2.45, 2.75) is 63.8 Å². The number of carbonyl (C=O) groups is 2. The Hall–Kier alpha value is -4.12. The molecule has 1 heterocycles. The molecule has 1 amide bonds. The molecule has 40 heavy (non-hydrogen) atoms. The third-order valence-corrected chi connectivity index (χ3v) is 6.04. The van der Waals surface area contributed by atoms with Crippen LogP contribution in [-0.2, 0) is 25.6 Å². The second-order valence-electron chi connectivity index (χ2n) is 10.2. The molecule has 0 aliphatic carbocycles. The fraction of sp³-hybridized carbons (Fsp3) is 0.464. The summed E-state index contributed by atoms with van der Waals surface area (Å²) in [6.07, 6.45) is -0.540. The number of aliphatic hydroxyl groups excluding tert-OH is 1. The maximum Gasteiger partial charge on any atom is 0.306 e. The molecule has 214 valence electrons. The summed E-state index contributed by atoms with van der Waals surface area (Å²) in [4.78, 5) is 34.1. The number of azide groups is 1. The average molecular weight is 553 g/mol. The van der Waals surface area contributed by atoms with E-state index in [0.717, 1.165) is 0 Å². The van der Waals surface area contributed by atoms with E-state index in [1.807, 2.05) is 0 Å². The molecule has 2 aromatic rings. The number of amides is 1. The van der Waals surface area contributed by atoms with Gasteiger partial charge in [0, 0.05) is 37.0 Å². The molecule has 3 rings (SSSR count). The SMILES string of the molecule is CNNC(=O)[C@@]1(CCC(=O)OC(C)(C)C)N=C(c2ccc(OCCCO)cc2)O[C@H]1c1ccccc1CN=[N+]=[N-]. The second-order valence-corrected chi connectivity index (χ2v) is 10.2. The summed E-state index contributed by atoms with van der Waals surface area (Å²) >= 11 is 0. The highest BCUT2D eigenvalue weighted by Gasteiger charge is 2.54. The Labute approximate surface area is 233 Å². The van der Waals surface area contributed by atoms with Gasteiger partial charge in [0.2, 0.25) is 5.90 Å². The minimum atomic E-state index is -1.56. The molecule has 1 aliphatic rings. The highest BCUT2D eigenvalue weighted by atomic mass is 16.6. The normalized spacial score (nSPS) is 18.2. The first-order valence-corrected chi connectivity index (χ1v) is 13.0. The van der Waals surface area contributed by atoms with Crippen molar-refractivity contribution in [2.75, 3.05) is 20.3 Å². The molecule has 1 aliphatic heterocycles. The first-order chi connectivity index (χ1) is 19.1. The van der Waals surface area contributed by atoms with E-state index in [2.05, 4.69) is 20.9 Å². The smallest absolute Gasteiger partial charge is 0.306 e. The van der Waals surface area contributed by atoms with Gasteiger partial charge in [-0.2, -0.15) is 0 Å². The number of nitrogens with one attached hydrogen (secondary N) is 2. The number of rotatable bonds is 13. The minimum Gasteiger partial charge on any atom is -0.494 e. The van der Waals surface area contributed by atoms with Crippen LogP contribution in [0.2, 0.25) is 0 Å². The Kier molecular flexibility index (Phi) is 10.5. The molecule has 0 fully saturated rings. The van der Waals surface area contributed by atoms with Crippen molar-refractivity contribution in [1.82, 2.24) is 10.9 Å². The first-order valence-electron chi connectivity index (χ1n) is 13.0. The molecule has 0 bridgehead atoms. The number of aliphatic hydroxyl groups is 1. The number of nitrogens with zero attached hydrogens (tertiary/aromatic N) is 4. The zero-order valence-corrected chi connectivity index (χ0v) is 23.2. The molecule has 2 aromatic carbocycles. The summed E-state index contributed by atoms with van der Waals surface area (Å²) in [6, 6.07) is 14.2. The maximum atomic E-state index is 13.7. The number of esters is 1. The van der Waals surface area contributed by atoms with Crippen molar-refractivity contribution in [2.24, 2.45) is 10.1 Å². The summed E-state index contributed by atoms with van der Waals surface area (Å²) in [5.41, 5.74) is 13.8. The van der Waals surface area contributed by atoms with Crippen molar-refractivity contribution >= 4 is 17.8 Å². The van der Waals surface area contributed by atoms with Crippen LogP contribution in [-0.4, -0.2) is 54.3 Å². The van der Waals surface area contributed by atoms with Crippen LogP contribution >= 0.6 is 0 Å². The number of carbonyl (C=O) groups excluding carboxylic acids is 2. The fourth-order valence-electron chi connectivity index (χ4n) is 4.30. The Morgan fingerprint density at radius 2 is 1.93 bits per heavy atom. The number of hydrazine groups is 1. The fourth-order valence-corrected chi connectivity index (χ4v) is 4.30. The topological polar surface area (TPSA) is 167 Å². The van der Waals surface area contributed by atoms with E-state index in [-0.39, 0.29) is 31.9 Å². The van der Waals surface area contributed by atoms with Crippen LogP contribution < -0.4 is 15.6 Å². The number of hydrogen-bond acceptors (Lipinski definition) is 9. The second kappa shape index (κ2) is 13.8. The average Bonchev–Trinajstić information content (AvgIpc) is 3.31. The number of hydrogen-bond donors (Lipinski definition) is 3. The maximum absolute atomic E-state index is 13.7. The van der Waals surface area contributed by atoms with Crippen LogP contribution in [0.5, 0.6) is 5.75 Å². The van der Waals surface area contributed by atoms with Gasteiger partial charge in [-0.1, -0.05) is 29.4 Å². The van der Waals surface area contributed by atoms with Gasteiger partial charge in [0.05, 0.1) is 13.2 Å². The van der Waals surface area contributed by atoms with E-state index in [1.165, 1.54) is 0 Å². The molecule has 2 atom stereocenters. The summed E-state index contributed by atoms with van der Waals surface area (Å²) in [6.45, 7) is 5.76. The lowest BCUT2D eigenvalue weighted by molar-refractivity contribution is -0.155. The molecule has 3 N–H and O–H groups in total. The molecule has 12 nitrogen and oxygen atoms in total. The number of ether oxygens (including phenoxy) is 3. The molecule has 0 saturated carbocycles. The van der Waals surface area contributed by atoms with Crippen molar-refractivity contribution < 1.29 is 28.9 Å². The number of benzene rings is 2.